The normalized spacial score (nSPS) is 13.9. The Balaban J connectivity index is 1.51. The fourth-order valence-electron chi connectivity index (χ4n) is 3.95. The lowest BCUT2D eigenvalue weighted by Gasteiger charge is -2.36. The second kappa shape index (κ2) is 9.53. The molecule has 1 amide bonds. The summed E-state index contributed by atoms with van der Waals surface area (Å²) in [6.45, 7) is 5.62. The van der Waals surface area contributed by atoms with Gasteiger partial charge in [0.05, 0.1) is 10.5 Å². The molecular formula is C25H25N5O3S. The van der Waals surface area contributed by atoms with E-state index in [1.165, 1.54) is 12.1 Å². The molecule has 0 aliphatic carbocycles. The van der Waals surface area contributed by atoms with Crippen LogP contribution in [0.2, 0.25) is 0 Å². The quantitative estimate of drug-likeness (QED) is 0.607. The molecule has 0 saturated carbocycles. The van der Waals surface area contributed by atoms with Crippen molar-refractivity contribution in [2.24, 2.45) is 0 Å². The third kappa shape index (κ3) is 4.87. The lowest BCUT2D eigenvalue weighted by Crippen LogP contribution is -2.49. The molecule has 3 aromatic rings. The number of sulfonamides is 1. The van der Waals surface area contributed by atoms with Gasteiger partial charge in [-0.1, -0.05) is 18.2 Å². The number of amides is 1. The van der Waals surface area contributed by atoms with Crippen molar-refractivity contribution >= 4 is 27.4 Å². The molecule has 9 heteroatoms. The van der Waals surface area contributed by atoms with E-state index in [-0.39, 0.29) is 10.8 Å². The molecule has 8 nitrogen and oxygen atoms in total. The van der Waals surface area contributed by atoms with Crippen LogP contribution in [0.25, 0.3) is 0 Å². The Bertz CT molecular complexity index is 1370. The van der Waals surface area contributed by atoms with E-state index in [2.05, 4.69) is 15.8 Å². The number of aryl methyl sites for hydroxylation is 2. The lowest BCUT2D eigenvalue weighted by molar-refractivity contribution is 0.0745. The van der Waals surface area contributed by atoms with Gasteiger partial charge in [0.15, 0.2) is 0 Å². The van der Waals surface area contributed by atoms with Gasteiger partial charge in [-0.05, 0) is 61.4 Å². The summed E-state index contributed by atoms with van der Waals surface area (Å²) in [5, 5.41) is 9.33. The zero-order chi connectivity index (χ0) is 24.3. The molecule has 0 unspecified atom stereocenters. The van der Waals surface area contributed by atoms with Crippen LogP contribution in [0.4, 0.5) is 11.5 Å². The zero-order valence-corrected chi connectivity index (χ0v) is 19.8. The molecule has 0 spiro atoms. The van der Waals surface area contributed by atoms with Crippen LogP contribution in [-0.2, 0) is 10.0 Å². The zero-order valence-electron chi connectivity index (χ0n) is 19.0. The predicted octanol–water partition coefficient (Wildman–Crippen LogP) is 3.33. The molecular weight excluding hydrogens is 450 g/mol. The number of nitrogens with one attached hydrogen (secondary N) is 1. The minimum atomic E-state index is -3.85. The van der Waals surface area contributed by atoms with Crippen molar-refractivity contribution in [3.05, 3.63) is 83.0 Å². The van der Waals surface area contributed by atoms with E-state index in [1.807, 2.05) is 17.9 Å². The maximum atomic E-state index is 13.3. The third-order valence-corrected chi connectivity index (χ3v) is 7.17. The number of rotatable bonds is 5. The number of benzene rings is 2. The van der Waals surface area contributed by atoms with Crippen LogP contribution in [0.3, 0.4) is 0 Å². The molecule has 1 N–H and O–H groups in total. The summed E-state index contributed by atoms with van der Waals surface area (Å²) in [6.07, 6.45) is 1.65. The van der Waals surface area contributed by atoms with Crippen molar-refractivity contribution < 1.29 is 13.2 Å². The first-order valence-corrected chi connectivity index (χ1v) is 12.4. The fraction of sp³-hybridized carbons (Fsp3) is 0.240. The van der Waals surface area contributed by atoms with Crippen molar-refractivity contribution in [1.82, 2.24) is 9.88 Å². The number of nitrogens with zero attached hydrogens (tertiary/aromatic N) is 4. The number of aromatic nitrogens is 1. The molecule has 2 heterocycles. The number of carbonyl (C=O) groups excluding carboxylic acids is 1. The average Bonchev–Trinajstić information content (AvgIpc) is 2.83. The topological polar surface area (TPSA) is 106 Å². The Kier molecular flexibility index (Phi) is 6.52. The Morgan fingerprint density at radius 2 is 1.79 bits per heavy atom. The predicted molar refractivity (Wildman–Crippen MR) is 130 cm³/mol. The number of piperazine rings is 1. The number of anilines is 2. The first-order chi connectivity index (χ1) is 16.3. The average molecular weight is 476 g/mol. The third-order valence-electron chi connectivity index (χ3n) is 5.79. The van der Waals surface area contributed by atoms with Crippen molar-refractivity contribution in [3.63, 3.8) is 0 Å². The number of carbonyl (C=O) groups is 1. The van der Waals surface area contributed by atoms with Crippen LogP contribution < -0.4 is 9.62 Å². The maximum Gasteiger partial charge on any atom is 0.261 e. The highest BCUT2D eigenvalue weighted by atomic mass is 32.2. The van der Waals surface area contributed by atoms with Crippen molar-refractivity contribution in [3.8, 4) is 6.07 Å². The van der Waals surface area contributed by atoms with Crippen LogP contribution >= 0.6 is 0 Å². The maximum absolute atomic E-state index is 13.3. The lowest BCUT2D eigenvalue weighted by atomic mass is 10.1. The molecule has 0 bridgehead atoms. The first kappa shape index (κ1) is 23.3. The van der Waals surface area contributed by atoms with Crippen molar-refractivity contribution in [2.75, 3.05) is 35.8 Å². The van der Waals surface area contributed by atoms with E-state index in [9.17, 15) is 18.5 Å². The summed E-state index contributed by atoms with van der Waals surface area (Å²) in [4.78, 5) is 21.3. The molecule has 1 saturated heterocycles. The number of nitriles is 1. The summed E-state index contributed by atoms with van der Waals surface area (Å²) in [5.41, 5.74) is 2.97. The van der Waals surface area contributed by atoms with Gasteiger partial charge in [0.1, 0.15) is 11.9 Å². The number of hydrogen-bond donors (Lipinski definition) is 1. The minimum absolute atomic E-state index is 0.0359. The van der Waals surface area contributed by atoms with E-state index >= 15 is 0 Å². The molecule has 1 aliphatic rings. The highest BCUT2D eigenvalue weighted by Crippen LogP contribution is 2.23. The van der Waals surface area contributed by atoms with Crippen LogP contribution in [0.15, 0.2) is 65.7 Å². The second-order valence-corrected chi connectivity index (χ2v) is 9.90. The fourth-order valence-corrected chi connectivity index (χ4v) is 5.02. The smallest absolute Gasteiger partial charge is 0.261 e. The molecule has 1 fully saturated rings. The Hall–Kier alpha value is -3.90. The molecule has 34 heavy (non-hydrogen) atoms. The summed E-state index contributed by atoms with van der Waals surface area (Å²) in [7, 11) is -3.85. The van der Waals surface area contributed by atoms with Gasteiger partial charge < -0.3 is 9.80 Å². The molecule has 2 aromatic carbocycles. The van der Waals surface area contributed by atoms with Gasteiger partial charge in [-0.3, -0.25) is 9.52 Å². The minimum Gasteiger partial charge on any atom is -0.352 e. The van der Waals surface area contributed by atoms with E-state index in [4.69, 9.17) is 0 Å². The summed E-state index contributed by atoms with van der Waals surface area (Å²) < 4.78 is 28.5. The van der Waals surface area contributed by atoms with E-state index < -0.39 is 10.0 Å². The van der Waals surface area contributed by atoms with Gasteiger partial charge in [0, 0.05) is 43.6 Å². The van der Waals surface area contributed by atoms with Gasteiger partial charge in [0.25, 0.3) is 15.9 Å². The molecule has 174 valence electrons. The SMILES string of the molecule is Cc1cccc(NS(=O)(=O)c2ccc(C)c(C(=O)N3CCN(c4ncccc4C#N)CC3)c2)c1. The van der Waals surface area contributed by atoms with Crippen LogP contribution in [0, 0.1) is 25.2 Å². The van der Waals surface area contributed by atoms with Gasteiger partial charge in [-0.15, -0.1) is 0 Å². The van der Waals surface area contributed by atoms with E-state index in [1.54, 1.807) is 54.4 Å². The molecule has 0 radical (unpaired) electrons. The van der Waals surface area contributed by atoms with Crippen molar-refractivity contribution in [2.45, 2.75) is 18.7 Å². The Morgan fingerprint density at radius 3 is 2.50 bits per heavy atom. The van der Waals surface area contributed by atoms with Crippen LogP contribution in [-0.4, -0.2) is 50.4 Å². The van der Waals surface area contributed by atoms with Gasteiger partial charge in [-0.25, -0.2) is 13.4 Å². The summed E-state index contributed by atoms with van der Waals surface area (Å²) in [6, 6.07) is 17.3. The number of hydrogen-bond acceptors (Lipinski definition) is 6. The highest BCUT2D eigenvalue weighted by Gasteiger charge is 2.26. The van der Waals surface area contributed by atoms with Gasteiger partial charge >= 0.3 is 0 Å². The molecule has 4 rings (SSSR count). The van der Waals surface area contributed by atoms with E-state index in [0.29, 0.717) is 54.4 Å². The molecule has 1 aromatic heterocycles. The largest absolute Gasteiger partial charge is 0.352 e. The second-order valence-electron chi connectivity index (χ2n) is 8.22. The standard InChI is InChI=1S/C25H25N5O3S/c1-18-5-3-7-21(15-18)28-34(32,33)22-9-8-19(2)23(16-22)25(31)30-13-11-29(12-14-30)24-20(17-26)6-4-10-27-24/h3-10,15-16,28H,11-14H2,1-2H3. The van der Waals surface area contributed by atoms with Gasteiger partial charge in [0.2, 0.25) is 0 Å². The van der Waals surface area contributed by atoms with Crippen molar-refractivity contribution in [1.29, 1.82) is 5.26 Å². The monoisotopic (exact) mass is 475 g/mol. The summed E-state index contributed by atoms with van der Waals surface area (Å²) >= 11 is 0. The number of pyridine rings is 1. The van der Waals surface area contributed by atoms with Crippen LogP contribution in [0.5, 0.6) is 0 Å². The van der Waals surface area contributed by atoms with E-state index in [0.717, 1.165) is 5.56 Å². The molecule has 0 atom stereocenters. The first-order valence-electron chi connectivity index (χ1n) is 10.9. The summed E-state index contributed by atoms with van der Waals surface area (Å²) in [5.74, 6) is 0.398. The highest BCUT2D eigenvalue weighted by molar-refractivity contribution is 7.92. The Labute approximate surface area is 199 Å². The van der Waals surface area contributed by atoms with Crippen LogP contribution in [0.1, 0.15) is 27.0 Å². The molecule has 1 aliphatic heterocycles. The van der Waals surface area contributed by atoms with Gasteiger partial charge in [-0.2, -0.15) is 5.26 Å². The Morgan fingerprint density at radius 1 is 1.03 bits per heavy atom.